The number of carbonyl (C=O) groups is 1. The second-order valence-corrected chi connectivity index (χ2v) is 7.30. The van der Waals surface area contributed by atoms with Gasteiger partial charge in [0.25, 0.3) is 0 Å². The summed E-state index contributed by atoms with van der Waals surface area (Å²) in [6, 6.07) is 0. The molecule has 0 bridgehead atoms. The minimum Gasteiger partial charge on any atom is -0.303 e. The van der Waals surface area contributed by atoms with E-state index in [1.165, 1.54) is 44.8 Å². The summed E-state index contributed by atoms with van der Waals surface area (Å²) in [5.74, 6) is 1.34. The number of carbonyl (C=O) groups excluding carboxylic acids is 1. The predicted molar refractivity (Wildman–Crippen MR) is 70.8 cm³/mol. The lowest BCUT2D eigenvalue weighted by atomic mass is 9.90. The van der Waals surface area contributed by atoms with Crippen LogP contribution in [0.5, 0.6) is 0 Å². The van der Waals surface area contributed by atoms with Crippen LogP contribution in [-0.4, -0.2) is 16.8 Å². The summed E-state index contributed by atoms with van der Waals surface area (Å²) >= 11 is 2.24. The minimum absolute atomic E-state index is 0.378. The van der Waals surface area contributed by atoms with Gasteiger partial charge in [-0.05, 0) is 57.3 Å². The highest BCUT2D eigenvalue weighted by Gasteiger charge is 2.25. The summed E-state index contributed by atoms with van der Waals surface area (Å²) in [7, 11) is 0. The summed E-state index contributed by atoms with van der Waals surface area (Å²) in [5.41, 5.74) is 0. The van der Waals surface area contributed by atoms with E-state index in [0.717, 1.165) is 29.3 Å². The normalized spacial score (nSPS) is 40.6. The molecule has 2 heteroatoms. The molecule has 2 aliphatic rings. The molecule has 0 atom stereocenters. The van der Waals surface area contributed by atoms with Gasteiger partial charge in [-0.2, -0.15) is 11.8 Å². The molecule has 0 unspecified atom stereocenters. The fraction of sp³-hybridized carbons (Fsp3) is 0.929. The zero-order chi connectivity index (χ0) is 11.4. The smallest absolute Gasteiger partial charge is 0.123 e. The maximum Gasteiger partial charge on any atom is 0.123 e. The van der Waals surface area contributed by atoms with Crippen LogP contribution in [0.25, 0.3) is 0 Å². The van der Waals surface area contributed by atoms with Crippen molar-refractivity contribution in [1.29, 1.82) is 0 Å². The molecule has 16 heavy (non-hydrogen) atoms. The van der Waals surface area contributed by atoms with Crippen molar-refractivity contribution in [2.24, 2.45) is 11.8 Å². The van der Waals surface area contributed by atoms with Gasteiger partial charge in [0.1, 0.15) is 6.29 Å². The van der Waals surface area contributed by atoms with Crippen LogP contribution in [0, 0.1) is 11.8 Å². The first kappa shape index (κ1) is 12.5. The maximum atomic E-state index is 10.7. The molecule has 0 aromatic heterocycles. The summed E-state index contributed by atoms with van der Waals surface area (Å²) in [5, 5.41) is 1.78. The first-order valence-electron chi connectivity index (χ1n) is 6.88. The van der Waals surface area contributed by atoms with Gasteiger partial charge < -0.3 is 4.79 Å². The highest BCUT2D eigenvalue weighted by molar-refractivity contribution is 8.00. The molecule has 0 amide bonds. The van der Waals surface area contributed by atoms with Crippen molar-refractivity contribution in [3.63, 3.8) is 0 Å². The van der Waals surface area contributed by atoms with Crippen LogP contribution in [0.1, 0.15) is 58.3 Å². The fourth-order valence-corrected chi connectivity index (χ4v) is 4.63. The van der Waals surface area contributed by atoms with E-state index in [1.807, 2.05) is 0 Å². The van der Waals surface area contributed by atoms with Crippen molar-refractivity contribution in [1.82, 2.24) is 0 Å². The average Bonchev–Trinajstić information content (AvgIpc) is 2.33. The van der Waals surface area contributed by atoms with Crippen LogP contribution in [0.15, 0.2) is 0 Å². The van der Waals surface area contributed by atoms with Gasteiger partial charge in [-0.25, -0.2) is 0 Å². The van der Waals surface area contributed by atoms with Crippen molar-refractivity contribution in [3.8, 4) is 0 Å². The molecular weight excluding hydrogens is 216 g/mol. The van der Waals surface area contributed by atoms with E-state index in [0.29, 0.717) is 5.92 Å². The van der Waals surface area contributed by atoms with Crippen molar-refractivity contribution < 1.29 is 4.79 Å². The van der Waals surface area contributed by atoms with E-state index >= 15 is 0 Å². The minimum atomic E-state index is 0.378. The van der Waals surface area contributed by atoms with Crippen molar-refractivity contribution >= 4 is 18.0 Å². The van der Waals surface area contributed by atoms with Crippen LogP contribution in [-0.2, 0) is 4.79 Å². The van der Waals surface area contributed by atoms with Gasteiger partial charge in [0, 0.05) is 16.4 Å². The highest BCUT2D eigenvalue weighted by Crippen LogP contribution is 2.39. The van der Waals surface area contributed by atoms with Gasteiger partial charge in [0.15, 0.2) is 0 Å². The molecule has 2 fully saturated rings. The molecular formula is C14H24OS. The van der Waals surface area contributed by atoms with Gasteiger partial charge in [0.2, 0.25) is 0 Å². The Morgan fingerprint density at radius 1 is 0.875 bits per heavy atom. The average molecular weight is 240 g/mol. The van der Waals surface area contributed by atoms with Crippen molar-refractivity contribution in [2.45, 2.75) is 68.8 Å². The van der Waals surface area contributed by atoms with Crippen LogP contribution in [0.2, 0.25) is 0 Å². The Kier molecular flexibility index (Phi) is 4.75. The number of rotatable bonds is 3. The Hall–Kier alpha value is 0.0200. The SMILES string of the molecule is CC1CCC(SC2CCC(C=O)CC2)CC1. The van der Waals surface area contributed by atoms with Gasteiger partial charge in [-0.3, -0.25) is 0 Å². The molecule has 0 aromatic carbocycles. The third-order valence-electron chi connectivity index (χ3n) is 4.26. The molecule has 2 rings (SSSR count). The second-order valence-electron chi connectivity index (χ2n) is 5.69. The highest BCUT2D eigenvalue weighted by atomic mass is 32.2. The molecule has 0 aromatic rings. The zero-order valence-corrected chi connectivity index (χ0v) is 11.2. The standard InChI is InChI=1S/C14H24OS/c1-11-2-6-13(7-3-11)16-14-8-4-12(10-15)5-9-14/h10-14H,2-9H2,1H3. The first-order valence-corrected chi connectivity index (χ1v) is 7.83. The molecule has 0 spiro atoms. The van der Waals surface area contributed by atoms with Crippen LogP contribution >= 0.6 is 11.8 Å². The number of hydrogen-bond donors (Lipinski definition) is 0. The molecule has 0 aliphatic heterocycles. The van der Waals surface area contributed by atoms with Crippen LogP contribution < -0.4 is 0 Å². The lowest BCUT2D eigenvalue weighted by Crippen LogP contribution is -2.22. The van der Waals surface area contributed by atoms with E-state index in [9.17, 15) is 4.79 Å². The number of aldehydes is 1. The molecule has 92 valence electrons. The van der Waals surface area contributed by atoms with Crippen molar-refractivity contribution in [2.75, 3.05) is 0 Å². The number of hydrogen-bond acceptors (Lipinski definition) is 2. The first-order chi connectivity index (χ1) is 7.78. The van der Waals surface area contributed by atoms with Crippen molar-refractivity contribution in [3.05, 3.63) is 0 Å². The summed E-state index contributed by atoms with van der Waals surface area (Å²) in [6.45, 7) is 2.39. The fourth-order valence-electron chi connectivity index (χ4n) is 3.00. The molecule has 2 aliphatic carbocycles. The summed E-state index contributed by atoms with van der Waals surface area (Å²) in [6.07, 6.45) is 11.7. The Labute approximate surface area is 104 Å². The van der Waals surface area contributed by atoms with Crippen LogP contribution in [0.4, 0.5) is 0 Å². The van der Waals surface area contributed by atoms with Gasteiger partial charge in [-0.1, -0.05) is 6.92 Å². The van der Waals surface area contributed by atoms with E-state index in [2.05, 4.69) is 18.7 Å². The lowest BCUT2D eigenvalue weighted by Gasteiger charge is -2.31. The largest absolute Gasteiger partial charge is 0.303 e. The molecule has 0 saturated heterocycles. The monoisotopic (exact) mass is 240 g/mol. The zero-order valence-electron chi connectivity index (χ0n) is 10.4. The molecule has 0 N–H and O–H groups in total. The van der Waals surface area contributed by atoms with Gasteiger partial charge in [0.05, 0.1) is 0 Å². The molecule has 1 nitrogen and oxygen atoms in total. The third kappa shape index (κ3) is 3.51. The number of thioether (sulfide) groups is 1. The van der Waals surface area contributed by atoms with Crippen LogP contribution in [0.3, 0.4) is 0 Å². The molecule has 2 saturated carbocycles. The molecule has 0 heterocycles. The maximum absolute atomic E-state index is 10.7. The van der Waals surface area contributed by atoms with E-state index in [-0.39, 0.29) is 0 Å². The second kappa shape index (κ2) is 6.09. The van der Waals surface area contributed by atoms with E-state index < -0.39 is 0 Å². The Balaban J connectivity index is 1.68. The Morgan fingerprint density at radius 3 is 1.88 bits per heavy atom. The summed E-state index contributed by atoms with van der Waals surface area (Å²) < 4.78 is 0. The quantitative estimate of drug-likeness (QED) is 0.692. The summed E-state index contributed by atoms with van der Waals surface area (Å²) in [4.78, 5) is 10.7. The van der Waals surface area contributed by atoms with E-state index in [4.69, 9.17) is 0 Å². The van der Waals surface area contributed by atoms with E-state index in [1.54, 1.807) is 0 Å². The van der Waals surface area contributed by atoms with Gasteiger partial charge >= 0.3 is 0 Å². The third-order valence-corrected chi connectivity index (χ3v) is 5.97. The topological polar surface area (TPSA) is 17.1 Å². The molecule has 0 radical (unpaired) electrons. The Morgan fingerprint density at radius 2 is 1.38 bits per heavy atom. The lowest BCUT2D eigenvalue weighted by molar-refractivity contribution is -0.111. The Bertz CT molecular complexity index is 213. The predicted octanol–water partition coefficient (Wildman–Crippen LogP) is 4.06. The van der Waals surface area contributed by atoms with Gasteiger partial charge in [-0.15, -0.1) is 0 Å².